The molecule has 352 valence electrons. The van der Waals surface area contributed by atoms with E-state index in [-0.39, 0.29) is 19.4 Å². The molecule has 1 heterocycles. The molecule has 4 N–H and O–H groups in total. The molecule has 61 heavy (non-hydrogen) atoms. The third kappa shape index (κ3) is 31.6. The molecule has 1 rings (SSSR count). The van der Waals surface area contributed by atoms with Gasteiger partial charge in [-0.2, -0.15) is 0 Å². The van der Waals surface area contributed by atoms with Gasteiger partial charge in [-0.15, -0.1) is 0 Å². The lowest BCUT2D eigenvalue weighted by Gasteiger charge is -2.38. The fourth-order valence-corrected chi connectivity index (χ4v) is 7.04. The van der Waals surface area contributed by atoms with Crippen LogP contribution >= 0.6 is 0 Å². The SMILES string of the molecule is CCCC/C=C\C/C=C\CCCCCCCC(=O)OC(COC(=O)CCCCCCCCCCC/C=C\C/C=C\CCCCCCC)COC1OC(C(=O)O)C(O)C(O)C1O. The van der Waals surface area contributed by atoms with E-state index in [1.54, 1.807) is 0 Å². The summed E-state index contributed by atoms with van der Waals surface area (Å²) in [5.74, 6) is -2.47. The zero-order valence-electron chi connectivity index (χ0n) is 38.1. The van der Waals surface area contributed by atoms with Crippen LogP contribution in [0, 0.1) is 0 Å². The van der Waals surface area contributed by atoms with Crippen molar-refractivity contribution in [1.29, 1.82) is 0 Å². The first-order valence-corrected chi connectivity index (χ1v) is 24.2. The number of ether oxygens (including phenoxy) is 4. The molecule has 0 aliphatic carbocycles. The molecule has 1 fully saturated rings. The molecular formula is C50H86O11. The van der Waals surface area contributed by atoms with Crippen LogP contribution in [0.25, 0.3) is 0 Å². The summed E-state index contributed by atoms with van der Waals surface area (Å²) >= 11 is 0. The number of aliphatic hydroxyl groups is 3. The number of carbonyl (C=O) groups is 3. The van der Waals surface area contributed by atoms with Gasteiger partial charge in [0.1, 0.15) is 24.9 Å². The van der Waals surface area contributed by atoms with Crippen LogP contribution in [0.3, 0.4) is 0 Å². The lowest BCUT2D eigenvalue weighted by atomic mass is 9.99. The first kappa shape index (κ1) is 56.2. The molecule has 0 saturated carbocycles. The van der Waals surface area contributed by atoms with Gasteiger partial charge in [-0.3, -0.25) is 9.59 Å². The smallest absolute Gasteiger partial charge is 0.335 e. The highest BCUT2D eigenvalue weighted by Crippen LogP contribution is 2.23. The number of hydrogen-bond donors (Lipinski definition) is 4. The number of rotatable bonds is 40. The normalized spacial score (nSPS) is 20.0. The standard InChI is InChI=1S/C50H86O11/c1-3-5-7-9-11-13-15-17-19-20-21-22-23-24-25-27-28-30-32-34-36-38-43(51)58-40-42(41-59-50-47(55)45(53)46(54)48(61-50)49(56)57)60-44(52)39-37-35-33-31-29-26-18-16-14-12-10-8-6-4-2/h10,12,15-18,20-21,42,45-48,50,53-55H,3-9,11,13-14,19,22-41H2,1-2H3,(H,56,57)/b12-10-,17-15-,18-16-,21-20-. The third-order valence-corrected chi connectivity index (χ3v) is 10.9. The van der Waals surface area contributed by atoms with E-state index in [2.05, 4.69) is 62.5 Å². The molecule has 0 bridgehead atoms. The first-order valence-electron chi connectivity index (χ1n) is 24.2. The summed E-state index contributed by atoms with van der Waals surface area (Å²) in [7, 11) is 0. The zero-order chi connectivity index (χ0) is 44.6. The van der Waals surface area contributed by atoms with E-state index in [0.29, 0.717) is 12.8 Å². The van der Waals surface area contributed by atoms with Crippen molar-refractivity contribution in [2.45, 2.75) is 237 Å². The molecule has 11 heteroatoms. The molecule has 0 spiro atoms. The van der Waals surface area contributed by atoms with Crippen LogP contribution in [-0.4, -0.2) is 88.4 Å². The van der Waals surface area contributed by atoms with Crippen molar-refractivity contribution >= 4 is 17.9 Å². The molecule has 1 aliphatic heterocycles. The number of carbonyl (C=O) groups excluding carboxylic acids is 2. The van der Waals surface area contributed by atoms with Crippen LogP contribution in [0.1, 0.15) is 200 Å². The quantitative estimate of drug-likeness (QED) is 0.0263. The summed E-state index contributed by atoms with van der Waals surface area (Å²) in [6.45, 7) is 3.75. The van der Waals surface area contributed by atoms with Gasteiger partial charge >= 0.3 is 17.9 Å². The van der Waals surface area contributed by atoms with E-state index in [1.165, 1.54) is 83.5 Å². The predicted molar refractivity (Wildman–Crippen MR) is 243 cm³/mol. The highest BCUT2D eigenvalue weighted by atomic mass is 16.7. The molecule has 1 saturated heterocycles. The zero-order valence-corrected chi connectivity index (χ0v) is 38.1. The maximum atomic E-state index is 12.8. The highest BCUT2D eigenvalue weighted by Gasteiger charge is 2.47. The van der Waals surface area contributed by atoms with Gasteiger partial charge in [0, 0.05) is 12.8 Å². The molecule has 0 aromatic rings. The van der Waals surface area contributed by atoms with Gasteiger partial charge in [0.15, 0.2) is 18.5 Å². The Labute approximate surface area is 369 Å². The Hall–Kier alpha value is -2.83. The van der Waals surface area contributed by atoms with E-state index in [0.717, 1.165) is 77.0 Å². The van der Waals surface area contributed by atoms with E-state index in [4.69, 9.17) is 18.9 Å². The molecular weight excluding hydrogens is 777 g/mol. The summed E-state index contributed by atoms with van der Waals surface area (Å²) < 4.78 is 21.8. The summed E-state index contributed by atoms with van der Waals surface area (Å²) in [4.78, 5) is 36.9. The second-order valence-electron chi connectivity index (χ2n) is 16.6. The molecule has 0 aromatic heterocycles. The minimum absolute atomic E-state index is 0.165. The predicted octanol–water partition coefficient (Wildman–Crippen LogP) is 10.9. The fourth-order valence-electron chi connectivity index (χ4n) is 7.04. The van der Waals surface area contributed by atoms with Gasteiger partial charge in [-0.1, -0.05) is 165 Å². The van der Waals surface area contributed by atoms with E-state index >= 15 is 0 Å². The van der Waals surface area contributed by atoms with Crippen molar-refractivity contribution in [3.8, 4) is 0 Å². The molecule has 6 unspecified atom stereocenters. The highest BCUT2D eigenvalue weighted by molar-refractivity contribution is 5.73. The Kier molecular flexibility index (Phi) is 36.8. The molecule has 11 nitrogen and oxygen atoms in total. The molecule has 0 aromatic carbocycles. The Morgan fingerprint density at radius 2 is 0.934 bits per heavy atom. The summed E-state index contributed by atoms with van der Waals surface area (Å²) in [5.41, 5.74) is 0. The van der Waals surface area contributed by atoms with Crippen molar-refractivity contribution in [1.82, 2.24) is 0 Å². The minimum atomic E-state index is -1.86. The second kappa shape index (κ2) is 40.0. The second-order valence-corrected chi connectivity index (χ2v) is 16.6. The van der Waals surface area contributed by atoms with Crippen molar-refractivity contribution in [2.24, 2.45) is 0 Å². The van der Waals surface area contributed by atoms with Gasteiger partial charge < -0.3 is 39.4 Å². The molecule has 0 radical (unpaired) electrons. The summed E-state index contributed by atoms with van der Waals surface area (Å²) in [6.07, 6.45) is 38.7. The largest absolute Gasteiger partial charge is 0.479 e. The van der Waals surface area contributed by atoms with Crippen LogP contribution in [0.15, 0.2) is 48.6 Å². The van der Waals surface area contributed by atoms with E-state index in [9.17, 15) is 34.8 Å². The lowest BCUT2D eigenvalue weighted by molar-refractivity contribution is -0.298. The number of hydrogen-bond acceptors (Lipinski definition) is 10. The summed E-state index contributed by atoms with van der Waals surface area (Å²) in [6, 6.07) is 0. The average Bonchev–Trinajstić information content (AvgIpc) is 3.24. The van der Waals surface area contributed by atoms with Crippen LogP contribution in [0.2, 0.25) is 0 Å². The number of carboxylic acid groups (broad SMARTS) is 1. The molecule has 6 atom stereocenters. The number of unbranched alkanes of at least 4 members (excludes halogenated alkanes) is 21. The molecule has 1 aliphatic rings. The van der Waals surface area contributed by atoms with Crippen molar-refractivity contribution in [3.63, 3.8) is 0 Å². The van der Waals surface area contributed by atoms with E-state index in [1.807, 2.05) is 0 Å². The Balaban J connectivity index is 2.32. The van der Waals surface area contributed by atoms with Crippen LogP contribution < -0.4 is 0 Å². The lowest BCUT2D eigenvalue weighted by Crippen LogP contribution is -2.60. The first-order chi connectivity index (χ1) is 29.7. The van der Waals surface area contributed by atoms with Gasteiger partial charge in [0.05, 0.1) is 6.61 Å². The number of esters is 2. The Bertz CT molecular complexity index is 1200. The van der Waals surface area contributed by atoms with Crippen LogP contribution in [-0.2, 0) is 33.3 Å². The molecule has 0 amide bonds. The van der Waals surface area contributed by atoms with Crippen molar-refractivity contribution in [3.05, 3.63) is 48.6 Å². The number of allylic oxidation sites excluding steroid dienone is 8. The van der Waals surface area contributed by atoms with Crippen molar-refractivity contribution < 1.29 is 53.8 Å². The van der Waals surface area contributed by atoms with Crippen molar-refractivity contribution in [2.75, 3.05) is 13.2 Å². The number of carboxylic acids is 1. The minimum Gasteiger partial charge on any atom is -0.479 e. The number of aliphatic hydroxyl groups excluding tert-OH is 3. The topological polar surface area (TPSA) is 169 Å². The maximum Gasteiger partial charge on any atom is 0.335 e. The van der Waals surface area contributed by atoms with Gasteiger partial charge in [-0.05, 0) is 70.6 Å². The number of aliphatic carboxylic acids is 1. The summed E-state index contributed by atoms with van der Waals surface area (Å²) in [5, 5.41) is 39.9. The monoisotopic (exact) mass is 863 g/mol. The van der Waals surface area contributed by atoms with Gasteiger partial charge in [0.25, 0.3) is 0 Å². The van der Waals surface area contributed by atoms with Gasteiger partial charge in [0.2, 0.25) is 0 Å². The average molecular weight is 863 g/mol. The van der Waals surface area contributed by atoms with Crippen LogP contribution in [0.4, 0.5) is 0 Å². The fraction of sp³-hybridized carbons (Fsp3) is 0.780. The van der Waals surface area contributed by atoms with E-state index < -0.39 is 61.3 Å². The maximum absolute atomic E-state index is 12.8. The Morgan fingerprint density at radius 1 is 0.508 bits per heavy atom. The third-order valence-electron chi connectivity index (χ3n) is 10.9. The van der Waals surface area contributed by atoms with Crippen LogP contribution in [0.5, 0.6) is 0 Å². The Morgan fingerprint density at radius 3 is 1.41 bits per heavy atom. The van der Waals surface area contributed by atoms with Gasteiger partial charge in [-0.25, -0.2) is 4.79 Å².